The lowest BCUT2D eigenvalue weighted by molar-refractivity contribution is -0.126. The summed E-state index contributed by atoms with van der Waals surface area (Å²) in [5.41, 5.74) is 0.0721. The second-order valence-electron chi connectivity index (χ2n) is 6.70. The summed E-state index contributed by atoms with van der Waals surface area (Å²) in [6.07, 6.45) is 0.434. The molecule has 6 nitrogen and oxygen atoms in total. The number of carbonyl (C=O) groups excluding carboxylic acids is 1. The molecule has 1 aliphatic heterocycles. The van der Waals surface area contributed by atoms with E-state index in [9.17, 15) is 27.3 Å². The van der Waals surface area contributed by atoms with E-state index in [1.54, 1.807) is 6.07 Å². The number of benzene rings is 2. The molecule has 0 aromatic heterocycles. The minimum absolute atomic E-state index is 0.0473. The van der Waals surface area contributed by atoms with Crippen molar-refractivity contribution in [3.05, 3.63) is 65.7 Å². The zero-order chi connectivity index (χ0) is 21.0. The molecule has 0 radical (unpaired) electrons. The first-order valence-corrected chi connectivity index (χ1v) is 10.5. The largest absolute Gasteiger partial charge is 0.336 e. The van der Waals surface area contributed by atoms with E-state index in [1.807, 2.05) is 6.07 Å². The summed E-state index contributed by atoms with van der Waals surface area (Å²) in [4.78, 5) is 12.1. The molecular formula is C20H19F2N3O3S. The minimum atomic E-state index is -3.99. The number of hydrogen-bond donors (Lipinski definition) is 1. The highest BCUT2D eigenvalue weighted by Crippen LogP contribution is 2.26. The predicted octanol–water partition coefficient (Wildman–Crippen LogP) is 2.75. The van der Waals surface area contributed by atoms with Gasteiger partial charge in [-0.25, -0.2) is 17.2 Å². The van der Waals surface area contributed by atoms with Gasteiger partial charge in [-0.15, -0.1) is 0 Å². The Morgan fingerprint density at radius 3 is 2.24 bits per heavy atom. The first kappa shape index (κ1) is 20.9. The van der Waals surface area contributed by atoms with Crippen molar-refractivity contribution in [3.8, 4) is 6.07 Å². The highest BCUT2D eigenvalue weighted by atomic mass is 32.2. The Kier molecular flexibility index (Phi) is 6.25. The summed E-state index contributed by atoms with van der Waals surface area (Å²) in [5.74, 6) is -2.38. The molecular weight excluding hydrogens is 400 g/mol. The molecule has 2 aromatic carbocycles. The molecule has 1 atom stereocenters. The van der Waals surface area contributed by atoms with Crippen LogP contribution in [0.25, 0.3) is 0 Å². The Bertz CT molecular complexity index is 1040. The summed E-state index contributed by atoms with van der Waals surface area (Å²) in [7, 11) is -3.99. The molecule has 1 saturated heterocycles. The number of nitrogens with zero attached hydrogens (tertiary/aromatic N) is 2. The average Bonchev–Trinajstić information content (AvgIpc) is 2.72. The molecule has 0 spiro atoms. The topological polar surface area (TPSA) is 90.3 Å². The van der Waals surface area contributed by atoms with E-state index < -0.39 is 44.4 Å². The molecule has 1 unspecified atom stereocenters. The zero-order valence-corrected chi connectivity index (χ0v) is 16.2. The van der Waals surface area contributed by atoms with Gasteiger partial charge in [0.15, 0.2) is 0 Å². The fourth-order valence-corrected chi connectivity index (χ4v) is 4.83. The number of amides is 1. The maximum atomic E-state index is 13.9. The summed E-state index contributed by atoms with van der Waals surface area (Å²) in [5, 5.41) is 11.8. The third-order valence-electron chi connectivity index (χ3n) is 4.91. The first-order chi connectivity index (χ1) is 13.8. The van der Waals surface area contributed by atoms with Gasteiger partial charge in [0.2, 0.25) is 15.9 Å². The van der Waals surface area contributed by atoms with E-state index in [0.29, 0.717) is 0 Å². The fraction of sp³-hybridized carbons (Fsp3) is 0.300. The Labute approximate surface area is 167 Å². The van der Waals surface area contributed by atoms with Gasteiger partial charge in [0.05, 0.1) is 6.07 Å². The Morgan fingerprint density at radius 1 is 1.07 bits per heavy atom. The number of piperidine rings is 1. The molecule has 2 aromatic rings. The Balaban J connectivity index is 1.65. The zero-order valence-electron chi connectivity index (χ0n) is 15.4. The van der Waals surface area contributed by atoms with Crippen LogP contribution in [0.5, 0.6) is 0 Å². The first-order valence-electron chi connectivity index (χ1n) is 9.03. The van der Waals surface area contributed by atoms with Crippen LogP contribution in [0.2, 0.25) is 0 Å². The van der Waals surface area contributed by atoms with Gasteiger partial charge in [0.1, 0.15) is 22.6 Å². The lowest BCUT2D eigenvalue weighted by Gasteiger charge is -2.31. The molecule has 1 amide bonds. The van der Waals surface area contributed by atoms with Gasteiger partial charge in [0, 0.05) is 24.6 Å². The van der Waals surface area contributed by atoms with E-state index in [-0.39, 0.29) is 31.5 Å². The third kappa shape index (κ3) is 4.44. The van der Waals surface area contributed by atoms with Crippen LogP contribution < -0.4 is 5.32 Å². The highest BCUT2D eigenvalue weighted by Gasteiger charge is 2.34. The maximum absolute atomic E-state index is 13.9. The van der Waals surface area contributed by atoms with Crippen molar-refractivity contribution in [1.82, 2.24) is 9.62 Å². The average molecular weight is 419 g/mol. The highest BCUT2D eigenvalue weighted by molar-refractivity contribution is 7.89. The van der Waals surface area contributed by atoms with Crippen LogP contribution in [0.3, 0.4) is 0 Å². The molecule has 0 bridgehead atoms. The van der Waals surface area contributed by atoms with Crippen molar-refractivity contribution in [2.75, 3.05) is 13.1 Å². The number of nitriles is 1. The molecule has 29 heavy (non-hydrogen) atoms. The number of rotatable bonds is 5. The Hall–Kier alpha value is -2.83. The molecule has 1 heterocycles. The Morgan fingerprint density at radius 2 is 1.66 bits per heavy atom. The fourth-order valence-electron chi connectivity index (χ4n) is 3.30. The normalized spacial score (nSPS) is 16.7. The number of carbonyl (C=O) groups is 1. The number of hydrogen-bond acceptors (Lipinski definition) is 4. The second kappa shape index (κ2) is 8.68. The van der Waals surface area contributed by atoms with Crippen LogP contribution in [0.4, 0.5) is 8.78 Å². The predicted molar refractivity (Wildman–Crippen MR) is 101 cm³/mol. The van der Waals surface area contributed by atoms with Gasteiger partial charge in [0.25, 0.3) is 0 Å². The molecule has 9 heteroatoms. The van der Waals surface area contributed by atoms with E-state index in [0.717, 1.165) is 10.4 Å². The number of nitrogens with one attached hydrogen (secondary N) is 1. The van der Waals surface area contributed by atoms with Gasteiger partial charge < -0.3 is 5.32 Å². The summed E-state index contributed by atoms with van der Waals surface area (Å²) in [6, 6.07) is 11.6. The van der Waals surface area contributed by atoms with Crippen LogP contribution in [0, 0.1) is 28.9 Å². The van der Waals surface area contributed by atoms with Crippen LogP contribution in [0.15, 0.2) is 53.4 Å². The van der Waals surface area contributed by atoms with E-state index in [1.165, 1.54) is 36.4 Å². The van der Waals surface area contributed by atoms with Gasteiger partial charge in [-0.1, -0.05) is 30.3 Å². The smallest absolute Gasteiger partial charge is 0.245 e. The van der Waals surface area contributed by atoms with Gasteiger partial charge >= 0.3 is 0 Å². The SMILES string of the molecule is N#CC(NC(=O)C1CCN(S(=O)(=O)c2ccccc2F)CC1)c1ccccc1F. The molecule has 0 aliphatic carbocycles. The summed E-state index contributed by atoms with van der Waals surface area (Å²) >= 11 is 0. The van der Waals surface area contributed by atoms with Crippen LogP contribution in [0.1, 0.15) is 24.4 Å². The number of sulfonamides is 1. The quantitative estimate of drug-likeness (QED) is 0.807. The molecule has 1 fully saturated rings. The van der Waals surface area contributed by atoms with E-state index in [4.69, 9.17) is 0 Å². The van der Waals surface area contributed by atoms with Crippen molar-refractivity contribution in [1.29, 1.82) is 5.26 Å². The van der Waals surface area contributed by atoms with Crippen molar-refractivity contribution in [2.45, 2.75) is 23.8 Å². The molecule has 1 aliphatic rings. The monoisotopic (exact) mass is 419 g/mol. The lowest BCUT2D eigenvalue weighted by atomic mass is 9.96. The van der Waals surface area contributed by atoms with Gasteiger partial charge in [-0.3, -0.25) is 4.79 Å². The minimum Gasteiger partial charge on any atom is -0.336 e. The number of halogens is 2. The molecule has 152 valence electrons. The third-order valence-corrected chi connectivity index (χ3v) is 6.84. The van der Waals surface area contributed by atoms with Crippen molar-refractivity contribution < 1.29 is 22.0 Å². The van der Waals surface area contributed by atoms with Crippen LogP contribution >= 0.6 is 0 Å². The lowest BCUT2D eigenvalue weighted by Crippen LogP contribution is -2.43. The second-order valence-corrected chi connectivity index (χ2v) is 8.61. The van der Waals surface area contributed by atoms with E-state index >= 15 is 0 Å². The van der Waals surface area contributed by atoms with Crippen molar-refractivity contribution in [2.24, 2.45) is 5.92 Å². The molecule has 3 rings (SSSR count). The van der Waals surface area contributed by atoms with Gasteiger partial charge in [-0.2, -0.15) is 9.57 Å². The van der Waals surface area contributed by atoms with Crippen LogP contribution in [-0.4, -0.2) is 31.7 Å². The van der Waals surface area contributed by atoms with Crippen molar-refractivity contribution in [3.63, 3.8) is 0 Å². The molecule has 0 saturated carbocycles. The maximum Gasteiger partial charge on any atom is 0.245 e. The van der Waals surface area contributed by atoms with Gasteiger partial charge in [-0.05, 0) is 31.0 Å². The molecule has 1 N–H and O–H groups in total. The summed E-state index contributed by atoms with van der Waals surface area (Å²) < 4.78 is 54.2. The van der Waals surface area contributed by atoms with Crippen molar-refractivity contribution >= 4 is 15.9 Å². The summed E-state index contributed by atoms with van der Waals surface area (Å²) in [6.45, 7) is 0.0946. The standard InChI is InChI=1S/C20H19F2N3O3S/c21-16-6-2-1-5-15(16)18(13-23)24-20(26)14-9-11-25(12-10-14)29(27,28)19-8-4-3-7-17(19)22/h1-8,14,18H,9-12H2,(H,24,26). The van der Waals surface area contributed by atoms with E-state index in [2.05, 4.69) is 5.32 Å². The van der Waals surface area contributed by atoms with Crippen LogP contribution in [-0.2, 0) is 14.8 Å².